The van der Waals surface area contributed by atoms with Gasteiger partial charge in [0.2, 0.25) is 11.8 Å². The van der Waals surface area contributed by atoms with Gasteiger partial charge >= 0.3 is 11.4 Å². The van der Waals surface area contributed by atoms with Crippen LogP contribution in [0.1, 0.15) is 12.8 Å². The molecule has 20 nitrogen and oxygen atoms in total. The minimum atomic E-state index is -1.58. The summed E-state index contributed by atoms with van der Waals surface area (Å²) in [6, 6.07) is -0.00187. The van der Waals surface area contributed by atoms with Crippen LogP contribution in [0, 0.1) is 0 Å². The fourth-order valence-electron chi connectivity index (χ4n) is 2.64. The van der Waals surface area contributed by atoms with Crippen LogP contribution in [0.3, 0.4) is 0 Å². The molecule has 0 aliphatic rings. The van der Waals surface area contributed by atoms with Gasteiger partial charge in [0.1, 0.15) is 13.1 Å². The Hall–Kier alpha value is -4.92. The quantitative estimate of drug-likeness (QED) is 0.109. The zero-order valence-electron chi connectivity index (χ0n) is 20.9. The average Bonchev–Trinajstić information content (AvgIpc) is 2.84. The summed E-state index contributed by atoms with van der Waals surface area (Å²) in [6.45, 7) is -1.42. The Morgan fingerprint density at radius 2 is 1.10 bits per heavy atom. The molecule has 2 amide bonds. The van der Waals surface area contributed by atoms with Crippen LogP contribution in [-0.2, 0) is 32.3 Å². The number of hydrogen-bond acceptors (Lipinski definition) is 12. The summed E-state index contributed by atoms with van der Waals surface area (Å²) in [4.78, 5) is 71.2. The van der Waals surface area contributed by atoms with E-state index in [-0.39, 0.29) is 48.5 Å². The predicted molar refractivity (Wildman–Crippen MR) is 128 cm³/mol. The minimum absolute atomic E-state index is 0. The van der Waals surface area contributed by atoms with E-state index in [4.69, 9.17) is 21.7 Å². The summed E-state index contributed by atoms with van der Waals surface area (Å²) in [6.07, 6.45) is 2.57. The number of carbonyl (C=O) groups is 4. The molecule has 40 heavy (non-hydrogen) atoms. The third-order valence-corrected chi connectivity index (χ3v) is 4.66. The van der Waals surface area contributed by atoms with E-state index in [9.17, 15) is 39.0 Å². The molecule has 2 atom stereocenters. The Labute approximate surface area is 224 Å². The zero-order chi connectivity index (χ0) is 28.8. The van der Waals surface area contributed by atoms with Gasteiger partial charge in [-0.05, 0) is 0 Å². The third-order valence-electron chi connectivity index (χ3n) is 4.66. The number of nitrogen functional groups attached to an aromatic ring is 2. The van der Waals surface area contributed by atoms with E-state index in [0.29, 0.717) is 0 Å². The van der Waals surface area contributed by atoms with Crippen LogP contribution in [-0.4, -0.2) is 80.2 Å². The number of anilines is 2. The molecule has 2 rings (SSSR count). The number of rotatable bonds is 12. The van der Waals surface area contributed by atoms with Crippen molar-refractivity contribution in [2.75, 3.05) is 24.7 Å². The summed E-state index contributed by atoms with van der Waals surface area (Å²) >= 11 is 0. The number of hydrogen-bond donors (Lipinski definition) is 8. The van der Waals surface area contributed by atoms with Crippen molar-refractivity contribution in [3.63, 3.8) is 0 Å². The first-order valence-corrected chi connectivity index (χ1v) is 10.9. The van der Waals surface area contributed by atoms with E-state index >= 15 is 0 Å². The van der Waals surface area contributed by atoms with Crippen molar-refractivity contribution >= 4 is 35.4 Å². The summed E-state index contributed by atoms with van der Waals surface area (Å²) in [5.41, 5.74) is 9.74. The van der Waals surface area contributed by atoms with Gasteiger partial charge in [-0.2, -0.15) is 28.7 Å². The van der Waals surface area contributed by atoms with Crippen LogP contribution in [0.2, 0.25) is 0 Å². The summed E-state index contributed by atoms with van der Waals surface area (Å²) < 4.78 is 2.42. The Kier molecular flexibility index (Phi) is 17.1. The van der Waals surface area contributed by atoms with Gasteiger partial charge in [0, 0.05) is 12.1 Å². The highest BCUT2D eigenvalue weighted by molar-refractivity contribution is 5.83. The molecule has 0 aliphatic heterocycles. The SMILES string of the molecule is Nc1cc[n+](CCC(=O)N[C@@H](CO)C(=O)[O-])c(=O)[nH]1.Nc1cc[n+](CCC(=O)N[C@@H](CO)C(=O)[O-])c(=O)[nH]1.O.O. The van der Waals surface area contributed by atoms with Crippen molar-refractivity contribution in [1.82, 2.24) is 20.6 Å². The van der Waals surface area contributed by atoms with Crippen molar-refractivity contribution in [2.45, 2.75) is 38.0 Å². The first kappa shape index (κ1) is 37.2. The number of aliphatic hydroxyl groups excluding tert-OH is 2. The Bertz CT molecular complexity index is 1150. The number of carboxylic acid groups (broad SMARTS) is 2. The van der Waals surface area contributed by atoms with Crippen molar-refractivity contribution < 1.29 is 59.7 Å². The molecule has 2 aromatic rings. The maximum absolute atomic E-state index is 11.4. The monoisotopic (exact) mass is 576 g/mol. The second-order valence-electron chi connectivity index (χ2n) is 7.53. The highest BCUT2D eigenvalue weighted by Gasteiger charge is 2.15. The molecule has 0 radical (unpaired) electrons. The number of nitrogens with two attached hydrogens (primary N) is 2. The van der Waals surface area contributed by atoms with Gasteiger partial charge < -0.3 is 63.1 Å². The number of carboxylic acids is 2. The topological polar surface area (TPSA) is 367 Å². The first-order valence-electron chi connectivity index (χ1n) is 10.9. The number of amides is 2. The number of aryl methyl sites for hydroxylation is 2. The molecule has 2 aromatic heterocycles. The van der Waals surface area contributed by atoms with Crippen molar-refractivity contribution in [3.05, 3.63) is 45.5 Å². The predicted octanol–water partition coefficient (Wildman–Crippen LogP) is -9.93. The average molecular weight is 577 g/mol. The molecule has 14 N–H and O–H groups in total. The number of nitrogens with one attached hydrogen (secondary N) is 4. The smallest absolute Gasteiger partial charge is 0.497 e. The number of aromatic amines is 2. The molecular formula is C20H32N8O12. The van der Waals surface area contributed by atoms with E-state index < -0.39 is 60.4 Å². The van der Waals surface area contributed by atoms with Gasteiger partial charge in [-0.15, -0.1) is 0 Å². The van der Waals surface area contributed by atoms with Crippen LogP contribution in [0.5, 0.6) is 0 Å². The van der Waals surface area contributed by atoms with E-state index in [1.54, 1.807) is 0 Å². The summed E-state index contributed by atoms with van der Waals surface area (Å²) in [7, 11) is 0. The number of carbonyl (C=O) groups excluding carboxylic acids is 4. The molecule has 0 saturated carbocycles. The van der Waals surface area contributed by atoms with Crippen LogP contribution in [0.25, 0.3) is 0 Å². The fourth-order valence-corrected chi connectivity index (χ4v) is 2.64. The van der Waals surface area contributed by atoms with Crippen molar-refractivity contribution in [1.29, 1.82) is 0 Å². The van der Waals surface area contributed by atoms with Crippen LogP contribution in [0.15, 0.2) is 34.1 Å². The number of H-pyrrole nitrogens is 2. The van der Waals surface area contributed by atoms with Gasteiger partial charge in [-0.1, -0.05) is 0 Å². The highest BCUT2D eigenvalue weighted by Crippen LogP contribution is 1.88. The zero-order valence-corrected chi connectivity index (χ0v) is 20.9. The van der Waals surface area contributed by atoms with Crippen molar-refractivity contribution in [3.8, 4) is 0 Å². The van der Waals surface area contributed by atoms with Gasteiger partial charge in [-0.25, -0.2) is 0 Å². The molecular weight excluding hydrogens is 544 g/mol. The Morgan fingerprint density at radius 1 is 0.775 bits per heavy atom. The molecule has 2 heterocycles. The molecule has 224 valence electrons. The maximum Gasteiger partial charge on any atom is 0.497 e. The van der Waals surface area contributed by atoms with Crippen LogP contribution < -0.4 is 52.8 Å². The van der Waals surface area contributed by atoms with Gasteiger partial charge in [0.25, 0.3) is 0 Å². The lowest BCUT2D eigenvalue weighted by molar-refractivity contribution is -0.712. The minimum Gasteiger partial charge on any atom is -0.548 e. The van der Waals surface area contributed by atoms with E-state index in [1.165, 1.54) is 33.7 Å². The summed E-state index contributed by atoms with van der Waals surface area (Å²) in [5, 5.41) is 42.5. The number of aromatic nitrogens is 4. The second kappa shape index (κ2) is 18.4. The van der Waals surface area contributed by atoms with E-state index in [2.05, 4.69) is 20.6 Å². The van der Waals surface area contributed by atoms with Gasteiger partial charge in [-0.3, -0.25) is 9.59 Å². The number of nitrogens with zero attached hydrogens (tertiary/aromatic N) is 2. The van der Waals surface area contributed by atoms with Gasteiger partial charge in [0.15, 0.2) is 11.6 Å². The van der Waals surface area contributed by atoms with E-state index in [0.717, 1.165) is 0 Å². The second-order valence-corrected chi connectivity index (χ2v) is 7.53. The molecule has 0 bridgehead atoms. The van der Waals surface area contributed by atoms with Crippen LogP contribution >= 0.6 is 0 Å². The number of aliphatic hydroxyl groups is 2. The lowest BCUT2D eigenvalue weighted by atomic mass is 10.3. The van der Waals surface area contributed by atoms with Crippen LogP contribution in [0.4, 0.5) is 11.6 Å². The highest BCUT2D eigenvalue weighted by atomic mass is 16.4. The summed E-state index contributed by atoms with van der Waals surface area (Å²) in [5.74, 6) is -3.99. The molecule has 0 saturated heterocycles. The normalized spacial score (nSPS) is 11.2. The largest absolute Gasteiger partial charge is 0.548 e. The Balaban J connectivity index is 0. The molecule has 0 fully saturated rings. The number of aliphatic carboxylic acids is 2. The van der Waals surface area contributed by atoms with Crippen molar-refractivity contribution in [2.24, 2.45) is 0 Å². The molecule has 0 unspecified atom stereocenters. The lowest BCUT2D eigenvalue weighted by Crippen LogP contribution is -2.54. The van der Waals surface area contributed by atoms with E-state index in [1.807, 2.05) is 0 Å². The third kappa shape index (κ3) is 13.0. The standard InChI is InChI=1S/2C10H14N4O5.2H2O/c2*11-7-1-3-14(10(19)13-7)4-2-8(16)12-6(5-15)9(17)18;;/h2*1,3,6,15H,2,4-5H2,(H4,11,12,13,16,17,18,19);2*1H2/t2*6-;;/m00../s1. The maximum atomic E-state index is 11.4. The molecule has 0 aliphatic carbocycles. The van der Waals surface area contributed by atoms with Gasteiger partial charge in [0.05, 0.1) is 62.5 Å². The lowest BCUT2D eigenvalue weighted by Gasteiger charge is -2.16. The Morgan fingerprint density at radius 3 is 1.35 bits per heavy atom. The molecule has 20 heteroatoms. The fraction of sp³-hybridized carbons (Fsp3) is 0.400. The molecule has 0 spiro atoms. The first-order chi connectivity index (χ1) is 17.9. The molecule has 0 aromatic carbocycles.